The van der Waals surface area contributed by atoms with Gasteiger partial charge in [-0.15, -0.1) is 0 Å². The fourth-order valence-corrected chi connectivity index (χ4v) is 5.75. The summed E-state index contributed by atoms with van der Waals surface area (Å²) in [5.41, 5.74) is -0.552. The van der Waals surface area contributed by atoms with E-state index in [4.69, 9.17) is 4.74 Å². The van der Waals surface area contributed by atoms with Crippen LogP contribution in [0.3, 0.4) is 0 Å². The van der Waals surface area contributed by atoms with Gasteiger partial charge < -0.3 is 15.0 Å². The van der Waals surface area contributed by atoms with Crippen LogP contribution in [0, 0.1) is 0 Å². The third kappa shape index (κ3) is 5.09. The lowest BCUT2D eigenvalue weighted by Crippen LogP contribution is -2.52. The fraction of sp³-hybridized carbons (Fsp3) is 0.600. The molecule has 170 valence electrons. The monoisotopic (exact) mass is 458 g/mol. The van der Waals surface area contributed by atoms with Crippen molar-refractivity contribution in [3.63, 3.8) is 0 Å². The van der Waals surface area contributed by atoms with Gasteiger partial charge in [0.05, 0.1) is 35.6 Å². The van der Waals surface area contributed by atoms with Gasteiger partial charge in [0.15, 0.2) is 5.69 Å². The van der Waals surface area contributed by atoms with E-state index in [2.05, 4.69) is 15.3 Å². The molecule has 0 aliphatic carbocycles. The second kappa shape index (κ2) is 8.51. The van der Waals surface area contributed by atoms with E-state index in [1.165, 1.54) is 12.4 Å². The minimum atomic E-state index is -4.58. The van der Waals surface area contributed by atoms with Crippen LogP contribution in [-0.2, 0) is 20.8 Å². The molecular formula is C20H25F3N4O3S. The summed E-state index contributed by atoms with van der Waals surface area (Å²) >= 11 is 0. The molecule has 0 spiro atoms. The van der Waals surface area contributed by atoms with E-state index in [1.54, 1.807) is 12.1 Å². The Kier molecular flexibility index (Phi) is 6.10. The van der Waals surface area contributed by atoms with Crippen molar-refractivity contribution in [2.24, 2.45) is 0 Å². The minimum absolute atomic E-state index is 0.121. The fourth-order valence-electron chi connectivity index (χ4n) is 4.26. The third-order valence-electron chi connectivity index (χ3n) is 5.75. The molecule has 4 heterocycles. The Balaban J connectivity index is 1.50. The largest absolute Gasteiger partial charge is 0.435 e. The summed E-state index contributed by atoms with van der Waals surface area (Å²) in [7, 11) is -2.92. The highest BCUT2D eigenvalue weighted by Crippen LogP contribution is 2.36. The van der Waals surface area contributed by atoms with E-state index < -0.39 is 21.7 Å². The first-order chi connectivity index (χ1) is 14.6. The molecule has 2 aromatic rings. The molecule has 0 saturated carbocycles. The highest BCUT2D eigenvalue weighted by molar-refractivity contribution is 7.91. The van der Waals surface area contributed by atoms with Crippen molar-refractivity contribution >= 4 is 26.4 Å². The van der Waals surface area contributed by atoms with E-state index in [0.29, 0.717) is 43.5 Å². The van der Waals surface area contributed by atoms with E-state index >= 15 is 0 Å². The first kappa shape index (κ1) is 22.2. The molecule has 31 heavy (non-hydrogen) atoms. The lowest BCUT2D eigenvalue weighted by atomic mass is 10.1. The number of alkyl halides is 3. The predicted molar refractivity (Wildman–Crippen MR) is 111 cm³/mol. The lowest BCUT2D eigenvalue weighted by Gasteiger charge is -2.39. The zero-order valence-electron chi connectivity index (χ0n) is 17.1. The number of hydrogen-bond donors (Lipinski definition) is 1. The van der Waals surface area contributed by atoms with Crippen LogP contribution in [0.25, 0.3) is 10.9 Å². The zero-order valence-corrected chi connectivity index (χ0v) is 17.9. The summed E-state index contributed by atoms with van der Waals surface area (Å²) in [5.74, 6) is 0.379. The lowest BCUT2D eigenvalue weighted by molar-refractivity contribution is -0.139. The highest BCUT2D eigenvalue weighted by Gasteiger charge is 2.37. The number of anilines is 1. The Bertz CT molecular complexity index is 1030. The number of aromatic nitrogens is 2. The average molecular weight is 459 g/mol. The molecule has 2 aromatic heterocycles. The number of rotatable bonds is 4. The molecule has 2 fully saturated rings. The van der Waals surface area contributed by atoms with Gasteiger partial charge in [-0.3, -0.25) is 4.98 Å². The number of halogens is 3. The Morgan fingerprint density at radius 1 is 1.23 bits per heavy atom. The maximum Gasteiger partial charge on any atom is 0.435 e. The molecule has 1 N–H and O–H groups in total. The summed E-state index contributed by atoms with van der Waals surface area (Å²) in [5, 5.41) is 3.80. The number of fused-ring (bicyclic) bond motifs is 1. The van der Waals surface area contributed by atoms with Crippen molar-refractivity contribution in [2.45, 2.75) is 44.2 Å². The molecule has 11 heteroatoms. The molecule has 0 aromatic carbocycles. The number of nitrogens with zero attached hydrogens (tertiary/aromatic N) is 3. The van der Waals surface area contributed by atoms with Crippen molar-refractivity contribution in [2.75, 3.05) is 36.0 Å². The summed E-state index contributed by atoms with van der Waals surface area (Å²) < 4.78 is 69.3. The maximum atomic E-state index is 13.4. The topological polar surface area (TPSA) is 84.4 Å². The van der Waals surface area contributed by atoms with Crippen LogP contribution in [0.15, 0.2) is 24.5 Å². The standard InChI is InChI=1S/C20H25F3N4O3S/c1-13-11-27(12-15(30-13)9-25-14-4-7-31(28,29)8-5-14)17-10-26-19(20(21,22)23)18-16(17)3-2-6-24-18/h2-3,6,10,13-15,25H,4-5,7-9,11-12H2,1H3/t13-,15+/m1/s1. The molecule has 2 saturated heterocycles. The molecule has 2 aliphatic rings. The van der Waals surface area contributed by atoms with Gasteiger partial charge in [-0.25, -0.2) is 13.4 Å². The number of sulfone groups is 1. The Labute approximate surface area is 178 Å². The second-order valence-corrected chi connectivity index (χ2v) is 10.5. The number of morpholine rings is 1. The Morgan fingerprint density at radius 3 is 2.68 bits per heavy atom. The van der Waals surface area contributed by atoms with Crippen molar-refractivity contribution in [3.8, 4) is 0 Å². The smallest absolute Gasteiger partial charge is 0.370 e. The molecule has 0 radical (unpaired) electrons. The molecule has 0 amide bonds. The van der Waals surface area contributed by atoms with Gasteiger partial charge in [-0.05, 0) is 31.9 Å². The normalized spacial score (nSPS) is 25.1. The van der Waals surface area contributed by atoms with Gasteiger partial charge in [0.2, 0.25) is 0 Å². The van der Waals surface area contributed by atoms with Crippen molar-refractivity contribution in [3.05, 3.63) is 30.2 Å². The third-order valence-corrected chi connectivity index (χ3v) is 7.46. The van der Waals surface area contributed by atoms with Gasteiger partial charge >= 0.3 is 6.18 Å². The van der Waals surface area contributed by atoms with Gasteiger partial charge in [0, 0.05) is 37.3 Å². The number of nitrogens with one attached hydrogen (secondary N) is 1. The molecule has 0 bridgehead atoms. The maximum absolute atomic E-state index is 13.4. The average Bonchev–Trinajstić information content (AvgIpc) is 2.71. The van der Waals surface area contributed by atoms with Crippen LogP contribution in [0.5, 0.6) is 0 Å². The highest BCUT2D eigenvalue weighted by atomic mass is 32.2. The van der Waals surface area contributed by atoms with Crippen LogP contribution in [-0.4, -0.2) is 67.8 Å². The zero-order chi connectivity index (χ0) is 22.2. The van der Waals surface area contributed by atoms with E-state index in [9.17, 15) is 21.6 Å². The van der Waals surface area contributed by atoms with Crippen molar-refractivity contribution < 1.29 is 26.3 Å². The first-order valence-corrected chi connectivity index (χ1v) is 12.1. The van der Waals surface area contributed by atoms with E-state index in [1.807, 2.05) is 11.8 Å². The predicted octanol–water partition coefficient (Wildman–Crippen LogP) is 2.41. The molecular weight excluding hydrogens is 433 g/mol. The summed E-state index contributed by atoms with van der Waals surface area (Å²) in [4.78, 5) is 9.63. The summed E-state index contributed by atoms with van der Waals surface area (Å²) in [6, 6.07) is 3.37. The quantitative estimate of drug-likeness (QED) is 0.753. The number of hydrogen-bond acceptors (Lipinski definition) is 7. The number of ether oxygens (including phenoxy) is 1. The van der Waals surface area contributed by atoms with Gasteiger partial charge in [-0.1, -0.05) is 0 Å². The molecule has 7 nitrogen and oxygen atoms in total. The van der Waals surface area contributed by atoms with Crippen molar-refractivity contribution in [1.82, 2.24) is 15.3 Å². The van der Waals surface area contributed by atoms with Crippen LogP contribution in [0.4, 0.5) is 18.9 Å². The first-order valence-electron chi connectivity index (χ1n) is 10.3. The van der Waals surface area contributed by atoms with Gasteiger partial charge in [-0.2, -0.15) is 13.2 Å². The van der Waals surface area contributed by atoms with Crippen LogP contribution >= 0.6 is 0 Å². The minimum Gasteiger partial charge on any atom is -0.370 e. The number of pyridine rings is 2. The summed E-state index contributed by atoms with van der Waals surface area (Å²) in [6.45, 7) is 3.47. The van der Waals surface area contributed by atoms with E-state index in [-0.39, 0.29) is 35.3 Å². The summed E-state index contributed by atoms with van der Waals surface area (Å²) in [6.07, 6.45) is -1.13. The van der Waals surface area contributed by atoms with E-state index in [0.717, 1.165) is 0 Å². The van der Waals surface area contributed by atoms with Gasteiger partial charge in [0.25, 0.3) is 0 Å². The molecule has 4 rings (SSSR count). The molecule has 2 atom stereocenters. The van der Waals surface area contributed by atoms with Crippen molar-refractivity contribution in [1.29, 1.82) is 0 Å². The Morgan fingerprint density at radius 2 is 1.97 bits per heavy atom. The van der Waals surface area contributed by atoms with Gasteiger partial charge in [0.1, 0.15) is 15.4 Å². The second-order valence-electron chi connectivity index (χ2n) is 8.20. The van der Waals surface area contributed by atoms with Crippen LogP contribution < -0.4 is 10.2 Å². The molecule has 2 aliphatic heterocycles. The van der Waals surface area contributed by atoms with Crippen LogP contribution in [0.1, 0.15) is 25.5 Å². The Hall–Kier alpha value is -1.98. The van der Waals surface area contributed by atoms with Crippen LogP contribution in [0.2, 0.25) is 0 Å². The molecule has 0 unspecified atom stereocenters. The SMILES string of the molecule is C[C@@H]1CN(c2cnc(C(F)(F)F)c3ncccc23)C[C@H](CNC2CCS(=O)(=O)CC2)O1.